The molecular formula is C16H25N3O2. The topological polar surface area (TPSA) is 84.2 Å². The molecule has 0 radical (unpaired) electrons. The van der Waals surface area contributed by atoms with Gasteiger partial charge in [0.15, 0.2) is 0 Å². The molecule has 0 saturated heterocycles. The second-order valence-electron chi connectivity index (χ2n) is 6.03. The number of nitrogens with one attached hydrogen (secondary N) is 2. The molecule has 0 fully saturated rings. The minimum atomic E-state index is -0.453. The lowest BCUT2D eigenvalue weighted by molar-refractivity contribution is -0.126. The van der Waals surface area contributed by atoms with Gasteiger partial charge < -0.3 is 16.4 Å². The van der Waals surface area contributed by atoms with Gasteiger partial charge in [-0.2, -0.15) is 0 Å². The van der Waals surface area contributed by atoms with E-state index in [2.05, 4.69) is 10.6 Å². The molecule has 0 heterocycles. The number of rotatable bonds is 7. The maximum Gasteiger partial charge on any atom is 0.239 e. The Balaban J connectivity index is 2.22. The maximum atomic E-state index is 11.7. The number of amides is 2. The fourth-order valence-corrected chi connectivity index (χ4v) is 1.67. The Morgan fingerprint density at radius 3 is 2.29 bits per heavy atom. The van der Waals surface area contributed by atoms with Gasteiger partial charge in [-0.3, -0.25) is 9.59 Å². The van der Waals surface area contributed by atoms with Gasteiger partial charge in [-0.25, -0.2) is 0 Å². The van der Waals surface area contributed by atoms with Crippen LogP contribution >= 0.6 is 0 Å². The van der Waals surface area contributed by atoms with Crippen molar-refractivity contribution in [3.63, 3.8) is 0 Å². The minimum Gasteiger partial charge on any atom is -0.353 e. The molecule has 4 N–H and O–H groups in total. The number of hydrogen-bond acceptors (Lipinski definition) is 3. The first-order chi connectivity index (χ1) is 9.76. The minimum absolute atomic E-state index is 0.0111. The van der Waals surface area contributed by atoms with Gasteiger partial charge in [0.05, 0.1) is 6.54 Å². The molecule has 0 aromatic heterocycles. The van der Waals surface area contributed by atoms with E-state index < -0.39 is 5.54 Å². The highest BCUT2D eigenvalue weighted by molar-refractivity contribution is 5.84. The normalized spacial score (nSPS) is 11.0. The Morgan fingerprint density at radius 2 is 1.71 bits per heavy atom. The molecule has 1 aromatic rings. The highest BCUT2D eigenvalue weighted by atomic mass is 16.2. The molecule has 116 valence electrons. The van der Waals surface area contributed by atoms with Crippen LogP contribution in [-0.4, -0.2) is 30.4 Å². The average Bonchev–Trinajstić information content (AvgIpc) is 2.41. The molecule has 0 spiro atoms. The second-order valence-corrected chi connectivity index (χ2v) is 6.03. The summed E-state index contributed by atoms with van der Waals surface area (Å²) in [6, 6.07) is 8.07. The van der Waals surface area contributed by atoms with Gasteiger partial charge in [0.2, 0.25) is 11.8 Å². The van der Waals surface area contributed by atoms with Crippen LogP contribution in [0.25, 0.3) is 0 Å². The summed E-state index contributed by atoms with van der Waals surface area (Å²) in [5, 5.41) is 5.29. The molecule has 5 heteroatoms. The molecule has 21 heavy (non-hydrogen) atoms. The summed E-state index contributed by atoms with van der Waals surface area (Å²) < 4.78 is 0. The highest BCUT2D eigenvalue weighted by Crippen LogP contribution is 2.05. The Labute approximate surface area is 126 Å². The summed E-state index contributed by atoms with van der Waals surface area (Å²) in [7, 11) is 0. The van der Waals surface area contributed by atoms with Gasteiger partial charge in [0.1, 0.15) is 0 Å². The number of aryl methyl sites for hydroxylation is 2. The summed E-state index contributed by atoms with van der Waals surface area (Å²) in [5.74, 6) is -0.352. The van der Waals surface area contributed by atoms with E-state index in [1.54, 1.807) is 0 Å². The first-order valence-electron chi connectivity index (χ1n) is 7.14. The fraction of sp³-hybridized carbons (Fsp3) is 0.500. The van der Waals surface area contributed by atoms with Crippen molar-refractivity contribution >= 4 is 11.8 Å². The van der Waals surface area contributed by atoms with E-state index in [0.717, 1.165) is 5.56 Å². The summed E-state index contributed by atoms with van der Waals surface area (Å²) in [6.45, 7) is 6.05. The van der Waals surface area contributed by atoms with E-state index in [9.17, 15) is 9.59 Å². The van der Waals surface area contributed by atoms with E-state index >= 15 is 0 Å². The van der Waals surface area contributed by atoms with Crippen LogP contribution < -0.4 is 16.4 Å². The molecule has 1 rings (SSSR count). The lowest BCUT2D eigenvalue weighted by Crippen LogP contribution is -2.47. The number of carbonyl (C=O) groups excluding carboxylic acids is 2. The van der Waals surface area contributed by atoms with Crippen molar-refractivity contribution in [1.29, 1.82) is 0 Å². The Morgan fingerprint density at radius 1 is 1.10 bits per heavy atom. The Kier molecular flexibility index (Phi) is 6.37. The summed E-state index contributed by atoms with van der Waals surface area (Å²) in [4.78, 5) is 23.2. The molecular weight excluding hydrogens is 266 g/mol. The first kappa shape index (κ1) is 17.2. The van der Waals surface area contributed by atoms with Crippen LogP contribution in [0.15, 0.2) is 24.3 Å². The number of carbonyl (C=O) groups is 2. The Hall–Kier alpha value is -1.88. The van der Waals surface area contributed by atoms with Crippen LogP contribution in [-0.2, 0) is 16.0 Å². The van der Waals surface area contributed by atoms with Gasteiger partial charge in [0, 0.05) is 18.5 Å². The van der Waals surface area contributed by atoms with Crippen molar-refractivity contribution in [3.05, 3.63) is 35.4 Å². The van der Waals surface area contributed by atoms with Gasteiger partial charge in [0.25, 0.3) is 0 Å². The molecule has 0 unspecified atom stereocenters. The first-order valence-corrected chi connectivity index (χ1v) is 7.14. The van der Waals surface area contributed by atoms with E-state index in [4.69, 9.17) is 5.73 Å². The molecule has 0 aliphatic heterocycles. The van der Waals surface area contributed by atoms with Crippen molar-refractivity contribution in [2.75, 3.05) is 13.1 Å². The highest BCUT2D eigenvalue weighted by Gasteiger charge is 2.12. The molecule has 0 aliphatic rings. The van der Waals surface area contributed by atoms with E-state index in [1.807, 2.05) is 45.0 Å². The maximum absolute atomic E-state index is 11.7. The predicted octanol–water partition coefficient (Wildman–Crippen LogP) is 0.897. The summed E-state index contributed by atoms with van der Waals surface area (Å²) >= 11 is 0. The zero-order chi connectivity index (χ0) is 15.9. The third kappa shape index (κ3) is 8.09. The lowest BCUT2D eigenvalue weighted by Gasteiger charge is -2.18. The Bertz CT molecular complexity index is 475. The molecule has 5 nitrogen and oxygen atoms in total. The summed E-state index contributed by atoms with van der Waals surface area (Å²) in [5.41, 5.74) is 7.62. The van der Waals surface area contributed by atoms with Crippen LogP contribution in [0.5, 0.6) is 0 Å². The van der Waals surface area contributed by atoms with E-state index in [1.165, 1.54) is 5.56 Å². The van der Waals surface area contributed by atoms with Crippen LogP contribution in [0.1, 0.15) is 31.4 Å². The zero-order valence-corrected chi connectivity index (χ0v) is 13.0. The number of hydrogen-bond donors (Lipinski definition) is 3. The number of benzene rings is 1. The molecule has 0 aliphatic carbocycles. The second kappa shape index (κ2) is 7.78. The van der Waals surface area contributed by atoms with Gasteiger partial charge in [-0.15, -0.1) is 0 Å². The third-order valence-electron chi connectivity index (χ3n) is 2.95. The van der Waals surface area contributed by atoms with Crippen molar-refractivity contribution in [3.8, 4) is 0 Å². The fourth-order valence-electron chi connectivity index (χ4n) is 1.67. The van der Waals surface area contributed by atoms with Crippen molar-refractivity contribution in [2.24, 2.45) is 5.73 Å². The van der Waals surface area contributed by atoms with Crippen molar-refractivity contribution in [1.82, 2.24) is 10.6 Å². The van der Waals surface area contributed by atoms with Gasteiger partial charge in [-0.05, 0) is 32.8 Å². The quantitative estimate of drug-likeness (QED) is 0.698. The van der Waals surface area contributed by atoms with Crippen molar-refractivity contribution in [2.45, 2.75) is 39.2 Å². The predicted molar refractivity (Wildman–Crippen MR) is 83.8 cm³/mol. The largest absolute Gasteiger partial charge is 0.353 e. The van der Waals surface area contributed by atoms with Crippen LogP contribution in [0, 0.1) is 6.92 Å². The SMILES string of the molecule is Cc1ccc(CCC(=O)NCC(=O)NCC(C)(C)N)cc1. The number of nitrogens with two attached hydrogens (primary N) is 1. The molecule has 2 amide bonds. The molecule has 0 saturated carbocycles. The van der Waals surface area contributed by atoms with Crippen LogP contribution in [0.2, 0.25) is 0 Å². The van der Waals surface area contributed by atoms with Gasteiger partial charge in [-0.1, -0.05) is 29.8 Å². The zero-order valence-electron chi connectivity index (χ0n) is 13.0. The van der Waals surface area contributed by atoms with Crippen molar-refractivity contribution < 1.29 is 9.59 Å². The van der Waals surface area contributed by atoms with Crippen LogP contribution in [0.3, 0.4) is 0 Å². The van der Waals surface area contributed by atoms with E-state index in [-0.39, 0.29) is 18.4 Å². The van der Waals surface area contributed by atoms with E-state index in [0.29, 0.717) is 19.4 Å². The standard InChI is InChI=1S/C16H25N3O2/c1-12-4-6-13(7-5-12)8-9-14(20)18-10-15(21)19-11-16(2,3)17/h4-7H,8-11,17H2,1-3H3,(H,18,20)(H,19,21). The summed E-state index contributed by atoms with van der Waals surface area (Å²) in [6.07, 6.45) is 1.04. The average molecular weight is 291 g/mol. The third-order valence-corrected chi connectivity index (χ3v) is 2.95. The lowest BCUT2D eigenvalue weighted by atomic mass is 10.1. The molecule has 1 aromatic carbocycles. The van der Waals surface area contributed by atoms with Crippen LogP contribution in [0.4, 0.5) is 0 Å². The smallest absolute Gasteiger partial charge is 0.239 e. The monoisotopic (exact) mass is 291 g/mol. The molecule has 0 bridgehead atoms. The van der Waals surface area contributed by atoms with Gasteiger partial charge >= 0.3 is 0 Å². The molecule has 0 atom stereocenters.